The minimum atomic E-state index is -0.453. The smallest absolute Gasteiger partial charge is 0.266 e. The normalized spacial score (nSPS) is 12.0. The van der Waals surface area contributed by atoms with Gasteiger partial charge in [0.15, 0.2) is 0 Å². The largest absolute Gasteiger partial charge is 0.329 e. The van der Waals surface area contributed by atoms with Gasteiger partial charge in [0.2, 0.25) is 0 Å². The molecule has 3 aromatic carbocycles. The van der Waals surface area contributed by atoms with Gasteiger partial charge in [-0.1, -0.05) is 36.8 Å². The number of fused-ring (bicyclic) bond motifs is 1. The molecular formula is C27H26FN3O2. The number of carbonyl (C=O) groups excluding carboxylic acids is 1. The highest BCUT2D eigenvalue weighted by Gasteiger charge is 2.28. The third-order valence-electron chi connectivity index (χ3n) is 5.85. The summed E-state index contributed by atoms with van der Waals surface area (Å²) in [4.78, 5) is 33.6. The Balaban J connectivity index is 1.92. The summed E-state index contributed by atoms with van der Waals surface area (Å²) < 4.78 is 15.1. The van der Waals surface area contributed by atoms with Gasteiger partial charge in [-0.3, -0.25) is 14.2 Å². The van der Waals surface area contributed by atoms with Crippen LogP contribution in [0.5, 0.6) is 0 Å². The standard InChI is InChI=1S/C27H26FN3O2/c1-4-24(30(5-2)26(32)19-12-10-18(3)11-13-19)25-29-23-9-7-6-8-22(23)27(33)31(25)21-16-14-20(28)15-17-21/h6-17,24H,4-5H2,1-3H3. The Hall–Kier alpha value is -3.80. The number of amides is 1. The van der Waals surface area contributed by atoms with Crippen molar-refractivity contribution in [3.05, 3.63) is 106 Å². The molecule has 0 N–H and O–H groups in total. The second-order valence-corrected chi connectivity index (χ2v) is 7.99. The van der Waals surface area contributed by atoms with Crippen LogP contribution in [0.25, 0.3) is 16.6 Å². The van der Waals surface area contributed by atoms with Crippen LogP contribution in [0, 0.1) is 12.7 Å². The van der Waals surface area contributed by atoms with Gasteiger partial charge in [0.25, 0.3) is 11.5 Å². The van der Waals surface area contributed by atoms with Gasteiger partial charge in [0.1, 0.15) is 11.6 Å². The zero-order chi connectivity index (χ0) is 23.5. The van der Waals surface area contributed by atoms with Crippen molar-refractivity contribution in [3.63, 3.8) is 0 Å². The first-order valence-electron chi connectivity index (χ1n) is 11.1. The first-order chi connectivity index (χ1) is 15.9. The second kappa shape index (κ2) is 9.36. The maximum absolute atomic E-state index is 13.6. The van der Waals surface area contributed by atoms with Crippen molar-refractivity contribution in [1.82, 2.24) is 14.5 Å². The molecule has 6 heteroatoms. The van der Waals surface area contributed by atoms with Crippen LogP contribution in [0.1, 0.15) is 48.1 Å². The van der Waals surface area contributed by atoms with E-state index in [2.05, 4.69) is 0 Å². The van der Waals surface area contributed by atoms with Crippen molar-refractivity contribution in [2.75, 3.05) is 6.54 Å². The molecule has 0 aliphatic rings. The number of rotatable bonds is 6. The van der Waals surface area contributed by atoms with Gasteiger partial charge in [-0.2, -0.15) is 0 Å². The number of nitrogens with zero attached hydrogens (tertiary/aromatic N) is 3. The molecule has 0 saturated carbocycles. The molecule has 0 aliphatic carbocycles. The topological polar surface area (TPSA) is 55.2 Å². The van der Waals surface area contributed by atoms with Gasteiger partial charge < -0.3 is 4.90 Å². The fourth-order valence-electron chi connectivity index (χ4n) is 4.12. The first-order valence-corrected chi connectivity index (χ1v) is 11.1. The Morgan fingerprint density at radius 2 is 1.67 bits per heavy atom. The molecule has 0 spiro atoms. The van der Waals surface area contributed by atoms with Crippen molar-refractivity contribution in [1.29, 1.82) is 0 Å². The molecule has 0 fully saturated rings. The zero-order valence-corrected chi connectivity index (χ0v) is 19.0. The van der Waals surface area contributed by atoms with E-state index in [1.54, 1.807) is 35.2 Å². The number of halogens is 1. The molecule has 0 saturated heterocycles. The Morgan fingerprint density at radius 3 is 2.30 bits per heavy atom. The minimum absolute atomic E-state index is 0.127. The summed E-state index contributed by atoms with van der Waals surface area (Å²) >= 11 is 0. The number of benzene rings is 3. The van der Waals surface area contributed by atoms with Gasteiger partial charge in [-0.15, -0.1) is 0 Å². The fraction of sp³-hybridized carbons (Fsp3) is 0.222. The van der Waals surface area contributed by atoms with E-state index in [4.69, 9.17) is 4.98 Å². The fourth-order valence-corrected chi connectivity index (χ4v) is 4.12. The van der Waals surface area contributed by atoms with E-state index in [-0.39, 0.29) is 17.3 Å². The monoisotopic (exact) mass is 443 g/mol. The predicted molar refractivity (Wildman–Crippen MR) is 128 cm³/mol. The van der Waals surface area contributed by atoms with E-state index in [1.165, 1.54) is 16.7 Å². The van der Waals surface area contributed by atoms with Crippen LogP contribution in [-0.4, -0.2) is 26.9 Å². The van der Waals surface area contributed by atoms with E-state index in [9.17, 15) is 14.0 Å². The summed E-state index contributed by atoms with van der Waals surface area (Å²) in [6, 6.07) is 19.9. The number of aryl methyl sites for hydroxylation is 1. The lowest BCUT2D eigenvalue weighted by Crippen LogP contribution is -2.38. The molecule has 0 bridgehead atoms. The SMILES string of the molecule is CCC(c1nc2ccccc2c(=O)n1-c1ccc(F)cc1)N(CC)C(=O)c1ccc(C)cc1. The second-order valence-electron chi connectivity index (χ2n) is 7.99. The van der Waals surface area contributed by atoms with E-state index < -0.39 is 6.04 Å². The van der Waals surface area contributed by atoms with Gasteiger partial charge in [-0.05, 0) is 68.8 Å². The number of carbonyl (C=O) groups is 1. The molecule has 0 radical (unpaired) electrons. The van der Waals surface area contributed by atoms with Crippen molar-refractivity contribution in [2.45, 2.75) is 33.2 Å². The summed E-state index contributed by atoms with van der Waals surface area (Å²) in [6.45, 7) is 6.29. The Morgan fingerprint density at radius 1 is 1.00 bits per heavy atom. The number of hydrogen-bond acceptors (Lipinski definition) is 3. The highest BCUT2D eigenvalue weighted by Crippen LogP contribution is 2.27. The maximum atomic E-state index is 13.6. The molecule has 4 aromatic rings. The molecule has 1 amide bonds. The van der Waals surface area contributed by atoms with Crippen LogP contribution in [-0.2, 0) is 0 Å². The summed E-state index contributed by atoms with van der Waals surface area (Å²) in [5, 5.41) is 0.466. The van der Waals surface area contributed by atoms with Crippen LogP contribution >= 0.6 is 0 Å². The molecule has 1 atom stereocenters. The predicted octanol–water partition coefficient (Wildman–Crippen LogP) is 5.45. The third-order valence-corrected chi connectivity index (χ3v) is 5.85. The zero-order valence-electron chi connectivity index (χ0n) is 19.0. The molecule has 33 heavy (non-hydrogen) atoms. The molecule has 0 aliphatic heterocycles. The average Bonchev–Trinajstić information content (AvgIpc) is 2.83. The average molecular weight is 444 g/mol. The summed E-state index contributed by atoms with van der Waals surface area (Å²) in [7, 11) is 0. The summed E-state index contributed by atoms with van der Waals surface area (Å²) in [6.07, 6.45) is 0.553. The molecule has 168 valence electrons. The van der Waals surface area contributed by atoms with Gasteiger partial charge >= 0.3 is 0 Å². The highest BCUT2D eigenvalue weighted by atomic mass is 19.1. The summed E-state index contributed by atoms with van der Waals surface area (Å²) in [5.41, 5.74) is 2.47. The van der Waals surface area contributed by atoms with Gasteiger partial charge in [0.05, 0.1) is 22.6 Å². The van der Waals surface area contributed by atoms with Crippen molar-refractivity contribution in [2.24, 2.45) is 0 Å². The maximum Gasteiger partial charge on any atom is 0.266 e. The van der Waals surface area contributed by atoms with E-state index in [0.717, 1.165) is 5.56 Å². The Labute approximate surface area is 192 Å². The molecule has 1 aromatic heterocycles. The van der Waals surface area contributed by atoms with Crippen LogP contribution in [0.15, 0.2) is 77.6 Å². The molecule has 5 nitrogen and oxygen atoms in total. The lowest BCUT2D eigenvalue weighted by molar-refractivity contribution is 0.0672. The third kappa shape index (κ3) is 4.29. The number of aromatic nitrogens is 2. The molecule has 1 unspecified atom stereocenters. The highest BCUT2D eigenvalue weighted by molar-refractivity contribution is 5.94. The molecule has 4 rings (SSSR count). The summed E-state index contributed by atoms with van der Waals surface area (Å²) in [5.74, 6) is -0.0635. The quantitative estimate of drug-likeness (QED) is 0.398. The van der Waals surface area contributed by atoms with Gasteiger partial charge in [0, 0.05) is 12.1 Å². The van der Waals surface area contributed by atoms with Crippen molar-refractivity contribution < 1.29 is 9.18 Å². The molecule has 1 heterocycles. The van der Waals surface area contributed by atoms with Crippen LogP contribution in [0.4, 0.5) is 4.39 Å². The number of hydrogen-bond donors (Lipinski definition) is 0. The Bertz CT molecular complexity index is 1340. The molecular weight excluding hydrogens is 417 g/mol. The lowest BCUT2D eigenvalue weighted by Gasteiger charge is -2.31. The van der Waals surface area contributed by atoms with Gasteiger partial charge in [-0.25, -0.2) is 9.37 Å². The van der Waals surface area contributed by atoms with E-state index in [0.29, 0.717) is 40.9 Å². The van der Waals surface area contributed by atoms with Crippen LogP contribution < -0.4 is 5.56 Å². The van der Waals surface area contributed by atoms with Crippen LogP contribution in [0.2, 0.25) is 0 Å². The Kier molecular flexibility index (Phi) is 6.36. The van der Waals surface area contributed by atoms with Crippen LogP contribution in [0.3, 0.4) is 0 Å². The van der Waals surface area contributed by atoms with Crippen molar-refractivity contribution >= 4 is 16.8 Å². The minimum Gasteiger partial charge on any atom is -0.329 e. The first kappa shape index (κ1) is 22.4. The van der Waals surface area contributed by atoms with Crippen molar-refractivity contribution in [3.8, 4) is 5.69 Å². The van der Waals surface area contributed by atoms with E-state index in [1.807, 2.05) is 51.1 Å². The number of para-hydroxylation sites is 1. The van der Waals surface area contributed by atoms with E-state index >= 15 is 0 Å². The lowest BCUT2D eigenvalue weighted by atomic mass is 10.1.